The number of nitriles is 1. The number of carbonyl (C=O) groups is 1. The second-order valence-corrected chi connectivity index (χ2v) is 8.28. The molecule has 5 nitrogen and oxygen atoms in total. The zero-order valence-electron chi connectivity index (χ0n) is 14.8. The zero-order valence-corrected chi connectivity index (χ0v) is 15.5. The quantitative estimate of drug-likeness (QED) is 0.789. The van der Waals surface area contributed by atoms with E-state index in [1.54, 1.807) is 18.2 Å². The van der Waals surface area contributed by atoms with Gasteiger partial charge in [0.05, 0.1) is 16.7 Å². The van der Waals surface area contributed by atoms with Crippen LogP contribution in [-0.4, -0.2) is 35.8 Å². The van der Waals surface area contributed by atoms with Gasteiger partial charge < -0.3 is 14.4 Å². The van der Waals surface area contributed by atoms with Crippen LogP contribution in [0, 0.1) is 23.2 Å². The number of benzene rings is 1. The van der Waals surface area contributed by atoms with E-state index in [-0.39, 0.29) is 12.2 Å². The van der Waals surface area contributed by atoms with Gasteiger partial charge in [-0.25, -0.2) is 4.79 Å². The average Bonchev–Trinajstić information content (AvgIpc) is 3.04. The third-order valence-electron chi connectivity index (χ3n) is 4.72. The van der Waals surface area contributed by atoms with Crippen LogP contribution in [0.15, 0.2) is 18.2 Å². The van der Waals surface area contributed by atoms with E-state index in [4.69, 9.17) is 26.3 Å². The molecule has 1 saturated carbocycles. The van der Waals surface area contributed by atoms with E-state index in [2.05, 4.69) is 0 Å². The first-order valence-corrected chi connectivity index (χ1v) is 8.97. The summed E-state index contributed by atoms with van der Waals surface area (Å²) in [7, 11) is 0. The van der Waals surface area contributed by atoms with Crippen molar-refractivity contribution in [1.29, 1.82) is 5.26 Å². The number of fused-ring (bicyclic) bond motifs is 1. The monoisotopic (exact) mass is 362 g/mol. The van der Waals surface area contributed by atoms with E-state index in [1.807, 2.05) is 31.7 Å². The van der Waals surface area contributed by atoms with E-state index in [0.717, 1.165) is 25.9 Å². The number of carbonyl (C=O) groups excluding carboxylic acids is 1. The van der Waals surface area contributed by atoms with Crippen LogP contribution >= 0.6 is 11.6 Å². The molecule has 6 heteroatoms. The Morgan fingerprint density at radius 2 is 1.92 bits per heavy atom. The summed E-state index contributed by atoms with van der Waals surface area (Å²) in [6.45, 7) is 7.11. The molecule has 1 unspecified atom stereocenters. The van der Waals surface area contributed by atoms with Crippen molar-refractivity contribution in [2.45, 2.75) is 45.3 Å². The molecule has 25 heavy (non-hydrogen) atoms. The van der Waals surface area contributed by atoms with Gasteiger partial charge in [0.2, 0.25) is 0 Å². The number of rotatable bonds is 2. The van der Waals surface area contributed by atoms with Crippen LogP contribution in [0.2, 0.25) is 5.02 Å². The molecular weight excluding hydrogens is 340 g/mol. The van der Waals surface area contributed by atoms with Gasteiger partial charge in [-0.05, 0) is 57.6 Å². The first-order valence-electron chi connectivity index (χ1n) is 8.59. The standard InChI is InChI=1S/C19H23ClN2O3/c1-19(2,3)25-18(23)22-10-13-6-16(7-14(13)11-22)24-15-5-4-12(9-21)17(20)8-15/h4-5,8,13-14,16H,6-7,10-11H2,1-3H3/t13-,14+,16?. The van der Waals surface area contributed by atoms with Gasteiger partial charge in [-0.2, -0.15) is 5.26 Å². The van der Waals surface area contributed by atoms with Crippen molar-refractivity contribution in [3.05, 3.63) is 28.8 Å². The van der Waals surface area contributed by atoms with Crippen molar-refractivity contribution in [2.24, 2.45) is 11.8 Å². The Kier molecular flexibility index (Phi) is 4.83. The molecule has 0 N–H and O–H groups in total. The Hall–Kier alpha value is -1.93. The Morgan fingerprint density at radius 1 is 1.28 bits per heavy atom. The van der Waals surface area contributed by atoms with Crippen molar-refractivity contribution in [3.8, 4) is 11.8 Å². The second-order valence-electron chi connectivity index (χ2n) is 7.87. The molecule has 0 aromatic heterocycles. The van der Waals surface area contributed by atoms with E-state index in [0.29, 0.717) is 28.2 Å². The van der Waals surface area contributed by atoms with E-state index in [1.165, 1.54) is 0 Å². The topological polar surface area (TPSA) is 62.6 Å². The molecule has 0 radical (unpaired) electrons. The molecule has 2 aliphatic rings. The maximum absolute atomic E-state index is 12.2. The first kappa shape index (κ1) is 17.9. The van der Waals surface area contributed by atoms with Gasteiger partial charge in [0.15, 0.2) is 0 Å². The lowest BCUT2D eigenvalue weighted by atomic mass is 10.0. The molecule has 1 heterocycles. The summed E-state index contributed by atoms with van der Waals surface area (Å²) < 4.78 is 11.5. The lowest BCUT2D eigenvalue weighted by Gasteiger charge is -2.25. The highest BCUT2D eigenvalue weighted by atomic mass is 35.5. The zero-order chi connectivity index (χ0) is 18.2. The number of ether oxygens (including phenoxy) is 2. The SMILES string of the molecule is CC(C)(C)OC(=O)N1C[C@H]2CC(Oc3ccc(C#N)c(Cl)c3)C[C@H]2C1. The fourth-order valence-electron chi connectivity index (χ4n) is 3.67. The van der Waals surface area contributed by atoms with Crippen LogP contribution in [-0.2, 0) is 4.74 Å². The Labute approximate surface area is 153 Å². The highest BCUT2D eigenvalue weighted by molar-refractivity contribution is 6.31. The largest absolute Gasteiger partial charge is 0.490 e. The fourth-order valence-corrected chi connectivity index (χ4v) is 3.88. The van der Waals surface area contributed by atoms with Crippen LogP contribution < -0.4 is 4.74 Å². The fraction of sp³-hybridized carbons (Fsp3) is 0.579. The summed E-state index contributed by atoms with van der Waals surface area (Å²) in [5.74, 6) is 1.59. The predicted molar refractivity (Wildman–Crippen MR) is 94.6 cm³/mol. The van der Waals surface area contributed by atoms with Gasteiger partial charge in [0.25, 0.3) is 0 Å². The maximum atomic E-state index is 12.2. The molecule has 1 aliphatic heterocycles. The number of hydrogen-bond donors (Lipinski definition) is 0. The van der Waals surface area contributed by atoms with Crippen molar-refractivity contribution >= 4 is 17.7 Å². The summed E-state index contributed by atoms with van der Waals surface area (Å²) in [4.78, 5) is 14.0. The van der Waals surface area contributed by atoms with E-state index in [9.17, 15) is 4.79 Å². The van der Waals surface area contributed by atoms with Crippen LogP contribution in [0.3, 0.4) is 0 Å². The van der Waals surface area contributed by atoms with Gasteiger partial charge >= 0.3 is 6.09 Å². The molecule has 0 spiro atoms. The first-order chi connectivity index (χ1) is 11.7. The number of halogens is 1. The third-order valence-corrected chi connectivity index (χ3v) is 5.04. The molecular formula is C19H23ClN2O3. The van der Waals surface area contributed by atoms with E-state index >= 15 is 0 Å². The molecule has 3 atom stereocenters. The third kappa shape index (κ3) is 4.19. The highest BCUT2D eigenvalue weighted by Gasteiger charge is 2.44. The predicted octanol–water partition coefficient (Wildman–Crippen LogP) is 4.24. The van der Waals surface area contributed by atoms with Gasteiger partial charge in [0, 0.05) is 19.2 Å². The highest BCUT2D eigenvalue weighted by Crippen LogP contribution is 2.40. The summed E-state index contributed by atoms with van der Waals surface area (Å²) >= 11 is 6.06. The van der Waals surface area contributed by atoms with Gasteiger partial charge in [-0.3, -0.25) is 0 Å². The Balaban J connectivity index is 1.54. The van der Waals surface area contributed by atoms with Crippen molar-refractivity contribution < 1.29 is 14.3 Å². The van der Waals surface area contributed by atoms with Gasteiger partial charge in [-0.15, -0.1) is 0 Å². The normalized spacial score (nSPS) is 25.4. The van der Waals surface area contributed by atoms with E-state index < -0.39 is 5.60 Å². The van der Waals surface area contributed by atoms with Gasteiger partial charge in [-0.1, -0.05) is 11.6 Å². The van der Waals surface area contributed by atoms with Crippen molar-refractivity contribution in [2.75, 3.05) is 13.1 Å². The molecule has 134 valence electrons. The minimum atomic E-state index is -0.463. The van der Waals surface area contributed by atoms with Gasteiger partial charge in [0.1, 0.15) is 17.4 Å². The van der Waals surface area contributed by atoms with Crippen molar-refractivity contribution in [3.63, 3.8) is 0 Å². The molecule has 1 saturated heterocycles. The number of nitrogens with zero attached hydrogens (tertiary/aromatic N) is 2. The Morgan fingerprint density at radius 3 is 2.44 bits per heavy atom. The molecule has 1 aromatic carbocycles. The number of amides is 1. The molecule has 1 aliphatic carbocycles. The minimum Gasteiger partial charge on any atom is -0.490 e. The molecule has 1 aromatic rings. The van der Waals surface area contributed by atoms with Crippen molar-refractivity contribution in [1.82, 2.24) is 4.90 Å². The summed E-state index contributed by atoms with van der Waals surface area (Å²) in [6.07, 6.45) is 1.74. The van der Waals surface area contributed by atoms with Crippen LogP contribution in [0.5, 0.6) is 5.75 Å². The second kappa shape index (κ2) is 6.76. The minimum absolute atomic E-state index is 0.125. The molecule has 3 rings (SSSR count). The lowest BCUT2D eigenvalue weighted by Crippen LogP contribution is -2.36. The molecule has 2 fully saturated rings. The summed E-state index contributed by atoms with van der Waals surface area (Å²) in [6, 6.07) is 7.20. The van der Waals surface area contributed by atoms with Crippen LogP contribution in [0.4, 0.5) is 4.79 Å². The smallest absolute Gasteiger partial charge is 0.410 e. The molecule has 1 amide bonds. The summed E-state index contributed by atoms with van der Waals surface area (Å²) in [5, 5.41) is 9.34. The number of hydrogen-bond acceptors (Lipinski definition) is 4. The average molecular weight is 363 g/mol. The van der Waals surface area contributed by atoms with Crippen LogP contribution in [0.1, 0.15) is 39.2 Å². The number of likely N-dealkylation sites (tertiary alicyclic amines) is 1. The summed E-state index contributed by atoms with van der Waals surface area (Å²) in [5.41, 5.74) is -0.0136. The lowest BCUT2D eigenvalue weighted by molar-refractivity contribution is 0.0272. The Bertz CT molecular complexity index is 694. The maximum Gasteiger partial charge on any atom is 0.410 e. The molecule has 0 bridgehead atoms. The van der Waals surface area contributed by atoms with Crippen LogP contribution in [0.25, 0.3) is 0 Å².